The summed E-state index contributed by atoms with van der Waals surface area (Å²) in [6.07, 6.45) is -3.27. The Labute approximate surface area is 98.9 Å². The summed E-state index contributed by atoms with van der Waals surface area (Å²) in [5, 5.41) is 0. The number of rotatable bonds is 2. The van der Waals surface area contributed by atoms with E-state index in [0.29, 0.717) is 0 Å². The molecule has 0 unspecified atom stereocenters. The van der Waals surface area contributed by atoms with E-state index in [-0.39, 0.29) is 11.3 Å². The van der Waals surface area contributed by atoms with Crippen LogP contribution in [0.3, 0.4) is 0 Å². The summed E-state index contributed by atoms with van der Waals surface area (Å²) < 4.78 is 44.2. The highest BCUT2D eigenvalue weighted by Gasteiger charge is 2.37. The fourth-order valence-electron chi connectivity index (χ4n) is 1.44. The SMILES string of the molecule is C=Cc1cccc(OC(C)(C)C)c1C(F)(F)F. The molecular weight excluding hydrogens is 229 g/mol. The van der Waals surface area contributed by atoms with E-state index >= 15 is 0 Å². The van der Waals surface area contributed by atoms with Crippen LogP contribution in [0.15, 0.2) is 24.8 Å². The highest BCUT2D eigenvalue weighted by atomic mass is 19.4. The van der Waals surface area contributed by atoms with Gasteiger partial charge in [-0.1, -0.05) is 24.8 Å². The molecule has 0 aliphatic rings. The summed E-state index contributed by atoms with van der Waals surface area (Å²) >= 11 is 0. The number of hydrogen-bond donors (Lipinski definition) is 0. The molecule has 0 spiro atoms. The molecule has 0 saturated heterocycles. The Kier molecular flexibility index (Phi) is 3.55. The second-order valence-electron chi connectivity index (χ2n) is 4.64. The summed E-state index contributed by atoms with van der Waals surface area (Å²) in [5.41, 5.74) is -1.43. The zero-order valence-electron chi connectivity index (χ0n) is 10.1. The first-order valence-corrected chi connectivity index (χ1v) is 5.17. The topological polar surface area (TPSA) is 9.23 Å². The Morgan fingerprint density at radius 1 is 1.18 bits per heavy atom. The van der Waals surface area contributed by atoms with Crippen molar-refractivity contribution in [2.24, 2.45) is 0 Å². The molecule has 0 amide bonds. The molecule has 0 N–H and O–H groups in total. The van der Waals surface area contributed by atoms with Crippen molar-refractivity contribution in [3.05, 3.63) is 35.9 Å². The highest BCUT2D eigenvalue weighted by Crippen LogP contribution is 2.40. The fraction of sp³-hybridized carbons (Fsp3) is 0.385. The molecule has 0 radical (unpaired) electrons. The van der Waals surface area contributed by atoms with Crippen LogP contribution in [-0.2, 0) is 6.18 Å². The maximum absolute atomic E-state index is 12.9. The highest BCUT2D eigenvalue weighted by molar-refractivity contribution is 5.57. The largest absolute Gasteiger partial charge is 0.488 e. The third-order valence-electron chi connectivity index (χ3n) is 1.98. The average Bonchev–Trinajstić information content (AvgIpc) is 2.12. The standard InChI is InChI=1S/C13H15F3O/c1-5-9-7-6-8-10(17-12(2,3)4)11(9)13(14,15)16/h5-8H,1H2,2-4H3. The van der Waals surface area contributed by atoms with Gasteiger partial charge in [-0.2, -0.15) is 13.2 Å². The predicted octanol–water partition coefficient (Wildman–Crippen LogP) is 4.53. The lowest BCUT2D eigenvalue weighted by molar-refractivity contribution is -0.139. The third kappa shape index (κ3) is 3.51. The van der Waals surface area contributed by atoms with Gasteiger partial charge in [0.2, 0.25) is 0 Å². The molecule has 0 heterocycles. The molecule has 0 fully saturated rings. The van der Waals surface area contributed by atoms with Crippen molar-refractivity contribution in [1.82, 2.24) is 0 Å². The van der Waals surface area contributed by atoms with Crippen LogP contribution >= 0.6 is 0 Å². The van der Waals surface area contributed by atoms with Gasteiger partial charge in [-0.3, -0.25) is 0 Å². The average molecular weight is 244 g/mol. The fourth-order valence-corrected chi connectivity index (χ4v) is 1.44. The van der Waals surface area contributed by atoms with E-state index in [2.05, 4.69) is 6.58 Å². The van der Waals surface area contributed by atoms with Crippen LogP contribution in [0.25, 0.3) is 6.08 Å². The number of alkyl halides is 3. The maximum atomic E-state index is 12.9. The Hall–Kier alpha value is -1.45. The van der Waals surface area contributed by atoms with Crippen molar-refractivity contribution in [1.29, 1.82) is 0 Å². The predicted molar refractivity (Wildman–Crippen MR) is 61.9 cm³/mol. The first-order valence-electron chi connectivity index (χ1n) is 5.17. The van der Waals surface area contributed by atoms with Crippen LogP contribution in [-0.4, -0.2) is 5.60 Å². The Morgan fingerprint density at radius 3 is 2.18 bits per heavy atom. The molecule has 17 heavy (non-hydrogen) atoms. The maximum Gasteiger partial charge on any atom is 0.420 e. The van der Waals surface area contributed by atoms with Crippen molar-refractivity contribution in [3.8, 4) is 5.75 Å². The van der Waals surface area contributed by atoms with Crippen LogP contribution in [0, 0.1) is 0 Å². The first kappa shape index (κ1) is 13.6. The second kappa shape index (κ2) is 4.43. The van der Waals surface area contributed by atoms with E-state index < -0.39 is 17.3 Å². The van der Waals surface area contributed by atoms with Crippen molar-refractivity contribution in [2.75, 3.05) is 0 Å². The van der Waals surface area contributed by atoms with Gasteiger partial charge < -0.3 is 4.74 Å². The minimum absolute atomic E-state index is 0.0271. The second-order valence-corrected chi connectivity index (χ2v) is 4.64. The minimum atomic E-state index is -4.45. The lowest BCUT2D eigenvalue weighted by atomic mass is 10.1. The van der Waals surface area contributed by atoms with Gasteiger partial charge in [-0.15, -0.1) is 0 Å². The van der Waals surface area contributed by atoms with Gasteiger partial charge in [0.15, 0.2) is 0 Å². The van der Waals surface area contributed by atoms with Gasteiger partial charge in [0.1, 0.15) is 16.9 Å². The van der Waals surface area contributed by atoms with Gasteiger partial charge in [-0.05, 0) is 32.4 Å². The molecule has 1 aromatic carbocycles. The summed E-state index contributed by atoms with van der Waals surface area (Å²) in [6, 6.07) is 4.21. The lowest BCUT2D eigenvalue weighted by Crippen LogP contribution is -2.25. The van der Waals surface area contributed by atoms with E-state index in [1.165, 1.54) is 24.3 Å². The van der Waals surface area contributed by atoms with Crippen LogP contribution in [0.2, 0.25) is 0 Å². The lowest BCUT2D eigenvalue weighted by Gasteiger charge is -2.24. The Bertz CT molecular complexity index is 414. The molecule has 1 aromatic rings. The summed E-state index contributed by atoms with van der Waals surface area (Å²) in [5.74, 6) is -0.164. The molecule has 0 aliphatic carbocycles. The minimum Gasteiger partial charge on any atom is -0.488 e. The van der Waals surface area contributed by atoms with Gasteiger partial charge in [0.25, 0.3) is 0 Å². The van der Waals surface area contributed by atoms with E-state index in [4.69, 9.17) is 4.74 Å². The van der Waals surface area contributed by atoms with E-state index in [1.807, 2.05) is 0 Å². The molecule has 0 atom stereocenters. The zero-order chi connectivity index (χ0) is 13.3. The monoisotopic (exact) mass is 244 g/mol. The third-order valence-corrected chi connectivity index (χ3v) is 1.98. The van der Waals surface area contributed by atoms with Crippen LogP contribution in [0.5, 0.6) is 5.75 Å². The molecule has 4 heteroatoms. The van der Waals surface area contributed by atoms with Gasteiger partial charge in [0.05, 0.1) is 0 Å². The van der Waals surface area contributed by atoms with E-state index in [1.54, 1.807) is 20.8 Å². The zero-order valence-corrected chi connectivity index (χ0v) is 10.1. The summed E-state index contributed by atoms with van der Waals surface area (Å²) in [4.78, 5) is 0. The Balaban J connectivity index is 3.35. The van der Waals surface area contributed by atoms with Crippen molar-refractivity contribution in [2.45, 2.75) is 32.5 Å². The van der Waals surface area contributed by atoms with Crippen molar-refractivity contribution in [3.63, 3.8) is 0 Å². The van der Waals surface area contributed by atoms with Gasteiger partial charge in [-0.25, -0.2) is 0 Å². The van der Waals surface area contributed by atoms with Gasteiger partial charge in [0, 0.05) is 0 Å². The van der Waals surface area contributed by atoms with E-state index in [0.717, 1.165) is 0 Å². The Morgan fingerprint density at radius 2 is 1.76 bits per heavy atom. The molecule has 0 saturated carbocycles. The number of hydrogen-bond acceptors (Lipinski definition) is 1. The number of ether oxygens (including phenoxy) is 1. The van der Waals surface area contributed by atoms with Crippen LogP contribution in [0.1, 0.15) is 31.9 Å². The summed E-state index contributed by atoms with van der Waals surface area (Å²) in [6.45, 7) is 8.49. The molecular formula is C13H15F3O. The number of halogens is 3. The van der Waals surface area contributed by atoms with E-state index in [9.17, 15) is 13.2 Å². The number of benzene rings is 1. The van der Waals surface area contributed by atoms with Crippen LogP contribution < -0.4 is 4.74 Å². The van der Waals surface area contributed by atoms with Crippen LogP contribution in [0.4, 0.5) is 13.2 Å². The molecule has 0 aromatic heterocycles. The van der Waals surface area contributed by atoms with Crippen molar-refractivity contribution < 1.29 is 17.9 Å². The molecule has 0 aliphatic heterocycles. The molecule has 1 rings (SSSR count). The molecule has 0 bridgehead atoms. The van der Waals surface area contributed by atoms with Gasteiger partial charge >= 0.3 is 6.18 Å². The molecule has 1 nitrogen and oxygen atoms in total. The first-order chi connectivity index (χ1) is 7.65. The van der Waals surface area contributed by atoms with Crippen molar-refractivity contribution >= 4 is 6.08 Å². The smallest absolute Gasteiger partial charge is 0.420 e. The normalized spacial score (nSPS) is 12.4. The quantitative estimate of drug-likeness (QED) is 0.742. The summed E-state index contributed by atoms with van der Waals surface area (Å²) in [7, 11) is 0. The molecule has 94 valence electrons.